The second-order valence-corrected chi connectivity index (χ2v) is 11.8. The number of aromatic nitrogens is 2. The molecule has 0 saturated heterocycles. The second-order valence-electron chi connectivity index (χ2n) is 9.14. The second kappa shape index (κ2) is 9.78. The van der Waals surface area contributed by atoms with Gasteiger partial charge in [-0.1, -0.05) is 25.1 Å². The Balaban J connectivity index is 1.78. The fourth-order valence-electron chi connectivity index (χ4n) is 3.67. The molecule has 11 heteroatoms. The highest BCUT2D eigenvalue weighted by molar-refractivity contribution is 7.98. The number of hydrogen-bond donors (Lipinski definition) is 1. The van der Waals surface area contributed by atoms with Crippen LogP contribution in [0.15, 0.2) is 59.8 Å². The number of nitrogens with one attached hydrogen (secondary N) is 1. The van der Waals surface area contributed by atoms with Gasteiger partial charge in [0.05, 0.1) is 16.6 Å². The molecule has 4 rings (SSSR count). The Labute approximate surface area is 212 Å². The fraction of sp³-hybridized carbons (Fsp3) is 0.280. The number of rotatable bonds is 6. The molecule has 1 N–H and O–H groups in total. The minimum atomic E-state index is -4.74. The third-order valence-electron chi connectivity index (χ3n) is 5.47. The molecule has 0 spiro atoms. The van der Waals surface area contributed by atoms with Crippen LogP contribution in [0.4, 0.5) is 18.9 Å². The van der Waals surface area contributed by atoms with Crippen LogP contribution in [-0.4, -0.2) is 28.2 Å². The molecule has 1 aliphatic rings. The molecule has 1 aliphatic heterocycles. The van der Waals surface area contributed by atoms with Crippen LogP contribution in [0.3, 0.4) is 0 Å². The van der Waals surface area contributed by atoms with Crippen LogP contribution in [0, 0.1) is 17.5 Å². The van der Waals surface area contributed by atoms with Crippen molar-refractivity contribution < 1.29 is 21.6 Å². The lowest BCUT2D eigenvalue weighted by Crippen LogP contribution is -2.30. The van der Waals surface area contributed by atoms with Crippen molar-refractivity contribution >= 4 is 33.2 Å². The quantitative estimate of drug-likeness (QED) is 0.385. The van der Waals surface area contributed by atoms with Crippen LogP contribution in [0.5, 0.6) is 0 Å². The zero-order valence-electron chi connectivity index (χ0n) is 20.1. The molecular formula is C25H25F3N4O2S2. The molecule has 3 aromatic rings. The number of halogens is 3. The molecule has 0 fully saturated rings. The van der Waals surface area contributed by atoms with E-state index >= 15 is 4.39 Å². The molecule has 190 valence electrons. The summed E-state index contributed by atoms with van der Waals surface area (Å²) in [6.45, 7) is 7.97. The van der Waals surface area contributed by atoms with Crippen molar-refractivity contribution in [3.8, 4) is 0 Å². The number of sulfonamides is 1. The summed E-state index contributed by atoms with van der Waals surface area (Å²) in [6, 6.07) is 8.67. The zero-order chi connectivity index (χ0) is 26.3. The van der Waals surface area contributed by atoms with Gasteiger partial charge in [0.25, 0.3) is 10.0 Å². The van der Waals surface area contributed by atoms with E-state index in [4.69, 9.17) is 0 Å². The Morgan fingerprint density at radius 3 is 2.36 bits per heavy atom. The van der Waals surface area contributed by atoms with Crippen LogP contribution in [0.1, 0.15) is 50.0 Å². The smallest absolute Gasteiger partial charge is 0.267 e. The average Bonchev–Trinajstić information content (AvgIpc) is 3.26. The third-order valence-corrected chi connectivity index (χ3v) is 8.48. The number of aryl methyl sites for hydroxylation is 1. The van der Waals surface area contributed by atoms with E-state index < -0.39 is 38.1 Å². The molecule has 0 saturated carbocycles. The molecule has 2 heterocycles. The van der Waals surface area contributed by atoms with Crippen molar-refractivity contribution in [1.29, 1.82) is 0 Å². The van der Waals surface area contributed by atoms with Crippen LogP contribution in [0.2, 0.25) is 0 Å². The van der Waals surface area contributed by atoms with Crippen LogP contribution in [0.25, 0.3) is 5.57 Å². The minimum absolute atomic E-state index is 0.144. The fourth-order valence-corrected chi connectivity index (χ4v) is 6.13. The van der Waals surface area contributed by atoms with Gasteiger partial charge in [0.2, 0.25) is 0 Å². The summed E-state index contributed by atoms with van der Waals surface area (Å²) in [7, 11) is -4.74. The first kappa shape index (κ1) is 26.0. The first-order valence-corrected chi connectivity index (χ1v) is 13.5. The van der Waals surface area contributed by atoms with E-state index in [1.165, 1.54) is 30.1 Å². The number of benzene rings is 2. The van der Waals surface area contributed by atoms with Crippen molar-refractivity contribution in [2.45, 2.75) is 49.8 Å². The highest BCUT2D eigenvalue weighted by Crippen LogP contribution is 2.51. The summed E-state index contributed by atoms with van der Waals surface area (Å²) in [5.41, 5.74) is 0.676. The van der Waals surface area contributed by atoms with Gasteiger partial charge in [0, 0.05) is 29.9 Å². The molecule has 1 atom stereocenters. The van der Waals surface area contributed by atoms with Crippen molar-refractivity contribution in [3.05, 3.63) is 89.4 Å². The maximum atomic E-state index is 15.8. The Bertz CT molecular complexity index is 1420. The largest absolute Gasteiger partial charge is 0.317 e. The van der Waals surface area contributed by atoms with Crippen molar-refractivity contribution in [2.75, 3.05) is 4.72 Å². The van der Waals surface area contributed by atoms with Crippen molar-refractivity contribution in [2.24, 2.45) is 0 Å². The van der Waals surface area contributed by atoms with E-state index in [-0.39, 0.29) is 16.4 Å². The van der Waals surface area contributed by atoms with Crippen LogP contribution < -0.4 is 4.72 Å². The Hall–Kier alpha value is -3.05. The number of nitrogens with zero attached hydrogens (tertiary/aromatic N) is 3. The van der Waals surface area contributed by atoms with E-state index in [0.29, 0.717) is 23.5 Å². The Kier molecular flexibility index (Phi) is 7.07. The van der Waals surface area contributed by atoms with E-state index in [9.17, 15) is 17.2 Å². The molecule has 0 aliphatic carbocycles. The molecule has 36 heavy (non-hydrogen) atoms. The van der Waals surface area contributed by atoms with Gasteiger partial charge in [-0.15, -0.1) is 0 Å². The van der Waals surface area contributed by atoms with Gasteiger partial charge >= 0.3 is 0 Å². The van der Waals surface area contributed by atoms with Crippen LogP contribution >= 0.6 is 11.9 Å². The highest BCUT2D eigenvalue weighted by Gasteiger charge is 2.36. The average molecular weight is 535 g/mol. The Morgan fingerprint density at radius 1 is 1.06 bits per heavy atom. The summed E-state index contributed by atoms with van der Waals surface area (Å²) < 4.78 is 73.6. The SMILES string of the molecule is CCc1nccc(C2SN(C(C)(C)C)C=C2c2cccc(NS(=O)(=O)c3c(F)cccc3F)c2F)n1. The minimum Gasteiger partial charge on any atom is -0.317 e. The van der Waals surface area contributed by atoms with Gasteiger partial charge < -0.3 is 4.31 Å². The zero-order valence-corrected chi connectivity index (χ0v) is 21.7. The van der Waals surface area contributed by atoms with Gasteiger partial charge in [0.15, 0.2) is 10.7 Å². The predicted molar refractivity (Wildman–Crippen MR) is 135 cm³/mol. The maximum absolute atomic E-state index is 15.8. The molecular weight excluding hydrogens is 509 g/mol. The van der Waals surface area contributed by atoms with E-state index in [1.807, 2.05) is 42.9 Å². The monoisotopic (exact) mass is 534 g/mol. The summed E-state index contributed by atoms with van der Waals surface area (Å²) in [4.78, 5) is 7.69. The first-order chi connectivity index (χ1) is 16.9. The summed E-state index contributed by atoms with van der Waals surface area (Å²) >= 11 is 1.47. The van der Waals surface area contributed by atoms with Gasteiger partial charge in [-0.3, -0.25) is 4.72 Å². The van der Waals surface area contributed by atoms with Gasteiger partial charge in [0.1, 0.15) is 17.5 Å². The molecule has 1 aromatic heterocycles. The molecule has 0 amide bonds. The molecule has 6 nitrogen and oxygen atoms in total. The van der Waals surface area contributed by atoms with Gasteiger partial charge in [-0.05, 0) is 62.6 Å². The van der Waals surface area contributed by atoms with E-state index in [0.717, 1.165) is 18.2 Å². The molecule has 2 aromatic carbocycles. The number of anilines is 1. The highest BCUT2D eigenvalue weighted by atomic mass is 32.2. The first-order valence-electron chi connectivity index (χ1n) is 11.2. The topological polar surface area (TPSA) is 75.2 Å². The van der Waals surface area contributed by atoms with Crippen LogP contribution in [-0.2, 0) is 16.4 Å². The lowest BCUT2D eigenvalue weighted by molar-refractivity contribution is 0.353. The predicted octanol–water partition coefficient (Wildman–Crippen LogP) is 6.10. The Morgan fingerprint density at radius 2 is 1.72 bits per heavy atom. The summed E-state index contributed by atoms with van der Waals surface area (Å²) in [5, 5.41) is -0.386. The van der Waals surface area contributed by atoms with Crippen molar-refractivity contribution in [1.82, 2.24) is 14.3 Å². The molecule has 0 radical (unpaired) electrons. The molecule has 1 unspecified atom stereocenters. The number of hydrogen-bond acceptors (Lipinski definition) is 6. The maximum Gasteiger partial charge on any atom is 0.267 e. The van der Waals surface area contributed by atoms with Crippen molar-refractivity contribution in [3.63, 3.8) is 0 Å². The van der Waals surface area contributed by atoms with Gasteiger partial charge in [-0.2, -0.15) is 0 Å². The normalized spacial score (nSPS) is 16.2. The summed E-state index contributed by atoms with van der Waals surface area (Å²) in [5.74, 6) is -2.76. The lowest BCUT2D eigenvalue weighted by Gasteiger charge is -2.31. The lowest BCUT2D eigenvalue weighted by atomic mass is 9.99. The van der Waals surface area contributed by atoms with Gasteiger partial charge in [-0.25, -0.2) is 31.6 Å². The molecule has 0 bridgehead atoms. The van der Waals surface area contributed by atoms with E-state index in [2.05, 4.69) is 9.97 Å². The summed E-state index contributed by atoms with van der Waals surface area (Å²) in [6.07, 6.45) is 4.10. The standard InChI is InChI=1S/C25H25F3N4O2S2/c1-5-21-29-13-12-20(30-21)23-16(14-32(35-23)25(2,3)4)15-8-6-11-19(22(15)28)31-36(33,34)24-17(26)9-7-10-18(24)27/h6-14,23,31H,5H2,1-4H3. The van der Waals surface area contributed by atoms with E-state index in [1.54, 1.807) is 12.3 Å². The third kappa shape index (κ3) is 5.08.